The van der Waals surface area contributed by atoms with E-state index in [4.69, 9.17) is 9.47 Å². The van der Waals surface area contributed by atoms with Gasteiger partial charge in [-0.05, 0) is 43.0 Å². The number of rotatable bonds is 11. The molecule has 0 heterocycles. The molecule has 0 aromatic heterocycles. The minimum Gasteiger partial charge on any atom is -0.462 e. The van der Waals surface area contributed by atoms with Gasteiger partial charge < -0.3 is 9.47 Å². The molecule has 1 aromatic rings. The first-order valence-electron chi connectivity index (χ1n) is 9.06. The second-order valence-electron chi connectivity index (χ2n) is 6.08. The van der Waals surface area contributed by atoms with E-state index < -0.39 is 0 Å². The molecular formula is C21H34O4. The van der Waals surface area contributed by atoms with Crippen LogP contribution >= 0.6 is 0 Å². The first-order chi connectivity index (χ1) is 11.6. The summed E-state index contributed by atoms with van der Waals surface area (Å²) in [5.74, 6) is -0.272. The molecule has 1 unspecified atom stereocenters. The van der Waals surface area contributed by atoms with Gasteiger partial charge in [-0.15, -0.1) is 0 Å². The molecule has 0 aliphatic heterocycles. The van der Waals surface area contributed by atoms with E-state index in [1.54, 1.807) is 24.3 Å². The maximum atomic E-state index is 12.1. The number of carbonyl (C=O) groups excluding carboxylic acids is 2. The van der Waals surface area contributed by atoms with Gasteiger partial charge in [-0.25, -0.2) is 9.59 Å². The van der Waals surface area contributed by atoms with Gasteiger partial charge in [0.1, 0.15) is 0 Å². The van der Waals surface area contributed by atoms with Gasteiger partial charge in [0.05, 0.1) is 24.3 Å². The number of ether oxygens (including phenoxy) is 2. The molecule has 4 nitrogen and oxygen atoms in total. The third kappa shape index (κ3) is 8.71. The fourth-order valence-electron chi connectivity index (χ4n) is 2.31. The fourth-order valence-corrected chi connectivity index (χ4v) is 2.31. The van der Waals surface area contributed by atoms with Gasteiger partial charge in [0.15, 0.2) is 0 Å². The summed E-state index contributed by atoms with van der Waals surface area (Å²) in [6, 6.07) is 6.45. The first-order valence-corrected chi connectivity index (χ1v) is 9.06. The number of hydrogen-bond donors (Lipinski definition) is 0. The van der Waals surface area contributed by atoms with Gasteiger partial charge in [0.25, 0.3) is 0 Å². The Labute approximate surface area is 152 Å². The Balaban J connectivity index is 0.00000576. The summed E-state index contributed by atoms with van der Waals surface area (Å²) in [5.41, 5.74) is 0.919. The van der Waals surface area contributed by atoms with E-state index in [0.717, 1.165) is 38.5 Å². The van der Waals surface area contributed by atoms with Crippen LogP contribution in [0.1, 0.15) is 87.4 Å². The molecule has 0 N–H and O–H groups in total. The zero-order valence-electron chi connectivity index (χ0n) is 15.2. The van der Waals surface area contributed by atoms with Crippen LogP contribution in [-0.2, 0) is 9.47 Å². The third-order valence-electron chi connectivity index (χ3n) is 4.08. The second kappa shape index (κ2) is 13.5. The normalized spacial score (nSPS) is 11.3. The predicted molar refractivity (Wildman–Crippen MR) is 102 cm³/mol. The third-order valence-corrected chi connectivity index (χ3v) is 4.08. The molecule has 0 bridgehead atoms. The van der Waals surface area contributed by atoms with Crippen LogP contribution in [0.2, 0.25) is 0 Å². The minimum atomic E-state index is -0.353. The largest absolute Gasteiger partial charge is 0.462 e. The highest BCUT2D eigenvalue weighted by Crippen LogP contribution is 2.14. The number of benzene rings is 1. The molecule has 0 fully saturated rings. The Kier molecular flexibility index (Phi) is 12.5. The van der Waals surface area contributed by atoms with Crippen LogP contribution in [0, 0.1) is 5.92 Å². The van der Waals surface area contributed by atoms with Gasteiger partial charge in [0.2, 0.25) is 0 Å². The molecule has 1 atom stereocenters. The van der Waals surface area contributed by atoms with E-state index in [1.807, 2.05) is 6.92 Å². The number of unbranched alkanes of at least 4 members (excludes halogenated alkanes) is 2. The lowest BCUT2D eigenvalue weighted by Gasteiger charge is -2.14. The summed E-state index contributed by atoms with van der Waals surface area (Å²) in [7, 11) is 0. The predicted octanol–water partition coefficient (Wildman–Crippen LogP) is 5.65. The van der Waals surface area contributed by atoms with Gasteiger partial charge in [-0.1, -0.05) is 53.9 Å². The Morgan fingerprint density at radius 3 is 1.88 bits per heavy atom. The van der Waals surface area contributed by atoms with E-state index in [1.165, 1.54) is 0 Å². The molecule has 0 saturated heterocycles. The standard InChI is InChI=1S/C20H30O4.CH4/c1-4-7-9-16(6-3)15-24-20(22)18-12-10-17(11-13-18)19(21)23-14-8-5-2;/h10-13,16H,4-9,14-15H2,1-3H3;1H4. The van der Waals surface area contributed by atoms with Crippen molar-refractivity contribution in [2.75, 3.05) is 13.2 Å². The maximum absolute atomic E-state index is 12.1. The highest BCUT2D eigenvalue weighted by Gasteiger charge is 2.13. The van der Waals surface area contributed by atoms with Crippen LogP contribution in [0.4, 0.5) is 0 Å². The van der Waals surface area contributed by atoms with Crippen molar-refractivity contribution in [2.24, 2.45) is 5.92 Å². The summed E-state index contributed by atoms with van der Waals surface area (Å²) in [6.45, 7) is 7.20. The molecule has 142 valence electrons. The molecule has 1 aromatic carbocycles. The SMILES string of the molecule is C.CCCCOC(=O)c1ccc(C(=O)OCC(CC)CCCC)cc1. The van der Waals surface area contributed by atoms with Gasteiger partial charge >= 0.3 is 11.9 Å². The quantitative estimate of drug-likeness (QED) is 0.382. The van der Waals surface area contributed by atoms with Gasteiger partial charge in [0, 0.05) is 0 Å². The lowest BCUT2D eigenvalue weighted by Crippen LogP contribution is -2.14. The van der Waals surface area contributed by atoms with Crippen molar-refractivity contribution >= 4 is 11.9 Å². The van der Waals surface area contributed by atoms with Crippen molar-refractivity contribution in [2.45, 2.75) is 66.7 Å². The van der Waals surface area contributed by atoms with E-state index in [9.17, 15) is 9.59 Å². The second-order valence-corrected chi connectivity index (χ2v) is 6.08. The monoisotopic (exact) mass is 350 g/mol. The van der Waals surface area contributed by atoms with Crippen LogP contribution in [0.5, 0.6) is 0 Å². The lowest BCUT2D eigenvalue weighted by molar-refractivity contribution is 0.0425. The summed E-state index contributed by atoms with van der Waals surface area (Å²) >= 11 is 0. The number of carbonyl (C=O) groups is 2. The molecule has 0 saturated carbocycles. The van der Waals surface area contributed by atoms with Gasteiger partial charge in [-0.2, -0.15) is 0 Å². The average molecular weight is 350 g/mol. The summed E-state index contributed by atoms with van der Waals surface area (Å²) in [5, 5.41) is 0. The fraction of sp³-hybridized carbons (Fsp3) is 0.619. The Morgan fingerprint density at radius 2 is 1.40 bits per heavy atom. The smallest absolute Gasteiger partial charge is 0.338 e. The van der Waals surface area contributed by atoms with Gasteiger partial charge in [-0.3, -0.25) is 0 Å². The molecule has 0 aliphatic rings. The molecule has 0 amide bonds. The molecular weight excluding hydrogens is 316 g/mol. The first kappa shape index (κ1) is 23.2. The lowest BCUT2D eigenvalue weighted by atomic mass is 10.0. The molecule has 0 spiro atoms. The number of hydrogen-bond acceptors (Lipinski definition) is 4. The van der Waals surface area contributed by atoms with E-state index in [2.05, 4.69) is 13.8 Å². The van der Waals surface area contributed by atoms with E-state index in [0.29, 0.717) is 30.3 Å². The molecule has 0 radical (unpaired) electrons. The van der Waals surface area contributed by atoms with Crippen molar-refractivity contribution < 1.29 is 19.1 Å². The maximum Gasteiger partial charge on any atom is 0.338 e. The van der Waals surface area contributed by atoms with Crippen molar-refractivity contribution in [1.29, 1.82) is 0 Å². The zero-order chi connectivity index (χ0) is 17.8. The minimum absolute atomic E-state index is 0. The van der Waals surface area contributed by atoms with Crippen LogP contribution in [-0.4, -0.2) is 25.2 Å². The Bertz CT molecular complexity index is 493. The average Bonchev–Trinajstić information content (AvgIpc) is 2.62. The highest BCUT2D eigenvalue weighted by molar-refractivity contribution is 5.93. The molecule has 4 heteroatoms. The van der Waals surface area contributed by atoms with Crippen molar-refractivity contribution in [1.82, 2.24) is 0 Å². The summed E-state index contributed by atoms with van der Waals surface area (Å²) < 4.78 is 10.5. The summed E-state index contributed by atoms with van der Waals surface area (Å²) in [4.78, 5) is 23.9. The van der Waals surface area contributed by atoms with Crippen molar-refractivity contribution in [3.05, 3.63) is 35.4 Å². The molecule has 1 rings (SSSR count). The molecule has 0 aliphatic carbocycles. The Hall–Kier alpha value is -1.84. The van der Waals surface area contributed by atoms with Crippen LogP contribution in [0.3, 0.4) is 0 Å². The van der Waals surface area contributed by atoms with Crippen molar-refractivity contribution in [3.8, 4) is 0 Å². The Morgan fingerprint density at radius 1 is 0.880 bits per heavy atom. The van der Waals surface area contributed by atoms with Crippen LogP contribution in [0.25, 0.3) is 0 Å². The topological polar surface area (TPSA) is 52.6 Å². The van der Waals surface area contributed by atoms with Crippen molar-refractivity contribution in [3.63, 3.8) is 0 Å². The van der Waals surface area contributed by atoms with Crippen LogP contribution < -0.4 is 0 Å². The zero-order valence-corrected chi connectivity index (χ0v) is 15.2. The molecule has 25 heavy (non-hydrogen) atoms. The summed E-state index contributed by atoms with van der Waals surface area (Å²) in [6.07, 6.45) is 6.24. The van der Waals surface area contributed by atoms with Crippen LogP contribution in [0.15, 0.2) is 24.3 Å². The van der Waals surface area contributed by atoms with E-state index >= 15 is 0 Å². The highest BCUT2D eigenvalue weighted by atomic mass is 16.5. The van der Waals surface area contributed by atoms with E-state index in [-0.39, 0.29) is 19.4 Å². The number of esters is 2.